The summed E-state index contributed by atoms with van der Waals surface area (Å²) in [7, 11) is 0. The van der Waals surface area contributed by atoms with Crippen molar-refractivity contribution in [2.24, 2.45) is 0 Å². The molecule has 5 heteroatoms. The van der Waals surface area contributed by atoms with Gasteiger partial charge in [-0.2, -0.15) is 5.10 Å². The summed E-state index contributed by atoms with van der Waals surface area (Å²) < 4.78 is 1.88. The second kappa shape index (κ2) is 7.45. The van der Waals surface area contributed by atoms with E-state index < -0.39 is 0 Å². The van der Waals surface area contributed by atoms with E-state index in [1.807, 2.05) is 48.1 Å². The minimum atomic E-state index is -0.0154. The highest BCUT2D eigenvalue weighted by Gasteiger charge is 2.03. The molecule has 1 aromatic heterocycles. The van der Waals surface area contributed by atoms with Crippen LogP contribution in [0, 0.1) is 6.92 Å². The van der Waals surface area contributed by atoms with Gasteiger partial charge in [-0.05, 0) is 37.6 Å². The Hall–Kier alpha value is -2.14. The molecule has 5 nitrogen and oxygen atoms in total. The second-order valence-electron chi connectivity index (χ2n) is 4.66. The molecule has 0 saturated heterocycles. The first kappa shape index (κ1) is 14.3. The van der Waals surface area contributed by atoms with Crippen LogP contribution in [0.2, 0.25) is 0 Å². The van der Waals surface area contributed by atoms with E-state index in [1.54, 1.807) is 6.20 Å². The Bertz CT molecular complexity index is 537. The average Bonchev–Trinajstić information content (AvgIpc) is 2.94. The number of aryl methyl sites for hydroxylation is 2. The van der Waals surface area contributed by atoms with Gasteiger partial charge in [0, 0.05) is 24.6 Å². The molecule has 106 valence electrons. The predicted molar refractivity (Wildman–Crippen MR) is 79.5 cm³/mol. The lowest BCUT2D eigenvalue weighted by molar-refractivity contribution is -0.115. The van der Waals surface area contributed by atoms with Gasteiger partial charge in [0.15, 0.2) is 0 Å². The van der Waals surface area contributed by atoms with Gasteiger partial charge >= 0.3 is 0 Å². The van der Waals surface area contributed by atoms with Crippen molar-refractivity contribution in [3.05, 3.63) is 48.3 Å². The van der Waals surface area contributed by atoms with Crippen molar-refractivity contribution in [2.75, 3.05) is 18.4 Å². The smallest absolute Gasteiger partial charge is 0.238 e. The summed E-state index contributed by atoms with van der Waals surface area (Å²) in [5.41, 5.74) is 1.94. The van der Waals surface area contributed by atoms with Crippen LogP contribution in [-0.2, 0) is 11.3 Å². The van der Waals surface area contributed by atoms with Crippen molar-refractivity contribution < 1.29 is 4.79 Å². The molecule has 1 aromatic carbocycles. The van der Waals surface area contributed by atoms with Crippen molar-refractivity contribution in [2.45, 2.75) is 19.9 Å². The Kier molecular flexibility index (Phi) is 5.32. The van der Waals surface area contributed by atoms with E-state index in [9.17, 15) is 4.79 Å². The van der Waals surface area contributed by atoms with Gasteiger partial charge in [-0.15, -0.1) is 0 Å². The van der Waals surface area contributed by atoms with Crippen molar-refractivity contribution in [3.8, 4) is 0 Å². The van der Waals surface area contributed by atoms with Crippen LogP contribution in [0.4, 0.5) is 5.69 Å². The lowest BCUT2D eigenvalue weighted by Crippen LogP contribution is -2.29. The fraction of sp³-hybridized carbons (Fsp3) is 0.333. The Morgan fingerprint density at radius 3 is 2.90 bits per heavy atom. The number of hydrogen-bond donors (Lipinski definition) is 2. The summed E-state index contributed by atoms with van der Waals surface area (Å²) in [5.74, 6) is -0.0154. The number of nitrogens with zero attached hydrogens (tertiary/aromatic N) is 2. The molecule has 0 aliphatic carbocycles. The fourth-order valence-corrected chi connectivity index (χ4v) is 1.91. The van der Waals surface area contributed by atoms with Crippen LogP contribution in [0.15, 0.2) is 42.7 Å². The number of benzene rings is 1. The largest absolute Gasteiger partial charge is 0.325 e. The second-order valence-corrected chi connectivity index (χ2v) is 4.66. The summed E-state index contributed by atoms with van der Waals surface area (Å²) in [6.45, 7) is 3.96. The molecule has 0 saturated carbocycles. The van der Waals surface area contributed by atoms with Crippen LogP contribution >= 0.6 is 0 Å². The molecule has 0 fully saturated rings. The zero-order chi connectivity index (χ0) is 14.2. The van der Waals surface area contributed by atoms with Gasteiger partial charge in [-0.25, -0.2) is 0 Å². The first-order chi connectivity index (χ1) is 9.75. The molecular formula is C15H20N4O. The quantitative estimate of drug-likeness (QED) is 0.756. The van der Waals surface area contributed by atoms with Crippen molar-refractivity contribution in [1.29, 1.82) is 0 Å². The topological polar surface area (TPSA) is 59.0 Å². The molecule has 0 unspecified atom stereocenters. The number of rotatable bonds is 7. The molecule has 0 bridgehead atoms. The summed E-state index contributed by atoms with van der Waals surface area (Å²) in [6, 6.07) is 9.67. The van der Waals surface area contributed by atoms with E-state index in [1.165, 1.54) is 0 Å². The van der Waals surface area contributed by atoms with Crippen molar-refractivity contribution in [1.82, 2.24) is 15.1 Å². The third kappa shape index (κ3) is 4.51. The molecule has 0 atom stereocenters. The van der Waals surface area contributed by atoms with Gasteiger partial charge in [0.1, 0.15) is 0 Å². The Morgan fingerprint density at radius 1 is 1.30 bits per heavy atom. The molecular weight excluding hydrogens is 252 g/mol. The van der Waals surface area contributed by atoms with Gasteiger partial charge < -0.3 is 10.6 Å². The summed E-state index contributed by atoms with van der Waals surface area (Å²) in [6.07, 6.45) is 4.65. The van der Waals surface area contributed by atoms with E-state index >= 15 is 0 Å². The van der Waals surface area contributed by atoms with Crippen molar-refractivity contribution >= 4 is 11.6 Å². The zero-order valence-corrected chi connectivity index (χ0v) is 11.7. The van der Waals surface area contributed by atoms with Gasteiger partial charge in [0.25, 0.3) is 0 Å². The fourth-order valence-electron chi connectivity index (χ4n) is 1.91. The summed E-state index contributed by atoms with van der Waals surface area (Å²) in [4.78, 5) is 11.8. The number of nitrogens with one attached hydrogen (secondary N) is 2. The molecule has 2 N–H and O–H groups in total. The molecule has 20 heavy (non-hydrogen) atoms. The van der Waals surface area contributed by atoms with Crippen LogP contribution in [0.25, 0.3) is 0 Å². The third-order valence-electron chi connectivity index (χ3n) is 3.00. The van der Waals surface area contributed by atoms with Crippen LogP contribution in [0.5, 0.6) is 0 Å². The van der Waals surface area contributed by atoms with Crippen LogP contribution in [0.1, 0.15) is 12.0 Å². The first-order valence-corrected chi connectivity index (χ1v) is 6.79. The van der Waals surface area contributed by atoms with Crippen LogP contribution in [-0.4, -0.2) is 28.8 Å². The zero-order valence-electron chi connectivity index (χ0n) is 11.7. The van der Waals surface area contributed by atoms with Gasteiger partial charge in [0.2, 0.25) is 5.91 Å². The highest BCUT2D eigenvalue weighted by Crippen LogP contribution is 2.12. The Morgan fingerprint density at radius 2 is 2.15 bits per heavy atom. The van der Waals surface area contributed by atoms with E-state index in [0.29, 0.717) is 6.54 Å². The molecule has 0 spiro atoms. The molecule has 2 aromatic rings. The molecule has 0 radical (unpaired) electrons. The van der Waals surface area contributed by atoms with E-state index in [-0.39, 0.29) is 5.91 Å². The van der Waals surface area contributed by atoms with Crippen molar-refractivity contribution in [3.63, 3.8) is 0 Å². The lowest BCUT2D eigenvalue weighted by atomic mass is 10.2. The Balaban J connectivity index is 1.62. The SMILES string of the molecule is Cc1ccccc1NC(=O)CNCCCn1cccn1. The van der Waals surface area contributed by atoms with Gasteiger partial charge in [-0.3, -0.25) is 9.48 Å². The lowest BCUT2D eigenvalue weighted by Gasteiger charge is -2.09. The number of aromatic nitrogens is 2. The number of carbonyl (C=O) groups is 1. The number of carbonyl (C=O) groups excluding carboxylic acids is 1. The maximum absolute atomic E-state index is 11.8. The monoisotopic (exact) mass is 272 g/mol. The highest BCUT2D eigenvalue weighted by atomic mass is 16.1. The standard InChI is InChI=1S/C15H20N4O/c1-13-6-2-3-7-14(13)18-15(20)12-16-8-4-10-19-11-5-9-17-19/h2-3,5-7,9,11,16H,4,8,10,12H2,1H3,(H,18,20). The molecule has 2 rings (SSSR count). The predicted octanol–water partition coefficient (Wildman–Crippen LogP) is 1.81. The van der Waals surface area contributed by atoms with Crippen LogP contribution < -0.4 is 10.6 Å². The normalized spacial score (nSPS) is 10.4. The van der Waals surface area contributed by atoms with E-state index in [2.05, 4.69) is 15.7 Å². The third-order valence-corrected chi connectivity index (χ3v) is 3.00. The highest BCUT2D eigenvalue weighted by molar-refractivity contribution is 5.92. The van der Waals surface area contributed by atoms with Crippen LogP contribution in [0.3, 0.4) is 0 Å². The summed E-state index contributed by atoms with van der Waals surface area (Å²) in [5, 5.41) is 10.2. The average molecular weight is 272 g/mol. The van der Waals surface area contributed by atoms with Gasteiger partial charge in [-0.1, -0.05) is 18.2 Å². The van der Waals surface area contributed by atoms with E-state index in [4.69, 9.17) is 0 Å². The minimum absolute atomic E-state index is 0.0154. The molecule has 0 aliphatic rings. The maximum Gasteiger partial charge on any atom is 0.238 e. The first-order valence-electron chi connectivity index (χ1n) is 6.79. The van der Waals surface area contributed by atoms with E-state index in [0.717, 1.165) is 30.8 Å². The number of para-hydroxylation sites is 1. The number of hydrogen-bond acceptors (Lipinski definition) is 3. The number of amides is 1. The molecule has 1 amide bonds. The minimum Gasteiger partial charge on any atom is -0.325 e. The number of anilines is 1. The summed E-state index contributed by atoms with van der Waals surface area (Å²) >= 11 is 0. The molecule has 1 heterocycles. The maximum atomic E-state index is 11.8. The molecule has 0 aliphatic heterocycles. The Labute approximate surface area is 119 Å². The van der Waals surface area contributed by atoms with Gasteiger partial charge in [0.05, 0.1) is 6.54 Å².